The van der Waals surface area contributed by atoms with Crippen molar-refractivity contribution in [3.63, 3.8) is 0 Å². The van der Waals surface area contributed by atoms with Crippen molar-refractivity contribution < 1.29 is 28.4 Å². The van der Waals surface area contributed by atoms with Crippen LogP contribution < -0.4 is 0 Å². The van der Waals surface area contributed by atoms with Gasteiger partial charge in [-0.25, -0.2) is 0 Å². The van der Waals surface area contributed by atoms with Gasteiger partial charge in [-0.15, -0.1) is 0 Å². The van der Waals surface area contributed by atoms with Crippen LogP contribution in [-0.4, -0.2) is 95.4 Å². The first kappa shape index (κ1) is 24.1. The molecule has 0 aliphatic carbocycles. The van der Waals surface area contributed by atoms with Gasteiger partial charge >= 0.3 is 43.8 Å². The van der Waals surface area contributed by atoms with Crippen LogP contribution in [0.15, 0.2) is 0 Å². The molecular formula is C14H30Cl2O6Sn. The number of rotatable bonds is 0. The Balaban J connectivity index is 0.000000841. The van der Waals surface area contributed by atoms with Crippen LogP contribution in [0.25, 0.3) is 0 Å². The van der Waals surface area contributed by atoms with Crippen LogP contribution in [-0.2, 0) is 28.4 Å². The van der Waals surface area contributed by atoms with Crippen molar-refractivity contribution in [3.05, 3.63) is 0 Å². The second-order valence-electron chi connectivity index (χ2n) is 5.00. The van der Waals surface area contributed by atoms with Crippen LogP contribution in [0.1, 0.15) is 0 Å². The molecule has 0 bridgehead atoms. The minimum absolute atomic E-state index is 0.586. The Labute approximate surface area is 151 Å². The summed E-state index contributed by atoms with van der Waals surface area (Å²) in [5.74, 6) is 0. The van der Waals surface area contributed by atoms with Crippen LogP contribution in [0.4, 0.5) is 0 Å². The first-order chi connectivity index (χ1) is 11.0. The Morgan fingerprint density at radius 2 is 0.522 bits per heavy atom. The van der Waals surface area contributed by atoms with Crippen molar-refractivity contribution in [3.8, 4) is 0 Å². The molecule has 0 atom stereocenters. The molecule has 1 rings (SSSR count). The molecular weight excluding hydrogens is 454 g/mol. The van der Waals surface area contributed by atoms with E-state index in [0.717, 1.165) is 0 Å². The van der Waals surface area contributed by atoms with Crippen molar-refractivity contribution in [1.82, 2.24) is 0 Å². The summed E-state index contributed by atoms with van der Waals surface area (Å²) in [5, 5.41) is 0. The molecule has 9 heteroatoms. The molecule has 0 radical (unpaired) electrons. The van der Waals surface area contributed by atoms with Crippen LogP contribution >= 0.6 is 17.8 Å². The quantitative estimate of drug-likeness (QED) is 0.493. The van der Waals surface area contributed by atoms with Gasteiger partial charge in [-0.2, -0.15) is 0 Å². The van der Waals surface area contributed by atoms with Gasteiger partial charge in [0.25, 0.3) is 0 Å². The van der Waals surface area contributed by atoms with E-state index in [4.69, 9.17) is 46.3 Å². The molecule has 6 nitrogen and oxygen atoms in total. The number of halogens is 2. The van der Waals surface area contributed by atoms with Crippen molar-refractivity contribution in [2.24, 2.45) is 0 Å². The fourth-order valence-electron chi connectivity index (χ4n) is 1.32. The molecule has 1 aliphatic heterocycles. The predicted octanol–water partition coefficient (Wildman–Crippen LogP) is 2.27. The molecule has 0 aromatic heterocycles. The van der Waals surface area contributed by atoms with E-state index in [1.165, 1.54) is 0 Å². The van der Waals surface area contributed by atoms with Crippen molar-refractivity contribution in [1.29, 1.82) is 0 Å². The van der Waals surface area contributed by atoms with Gasteiger partial charge in [0, 0.05) is 0 Å². The van der Waals surface area contributed by atoms with Crippen molar-refractivity contribution in [2.45, 2.75) is 9.88 Å². The molecule has 1 saturated heterocycles. The normalized spacial score (nSPS) is 21.4. The van der Waals surface area contributed by atoms with Gasteiger partial charge in [0.15, 0.2) is 0 Å². The molecule has 1 fully saturated rings. The SMILES string of the molecule is C1COCCOCCOCCOCCOCCO1.[CH3][Sn]([CH3])([Cl])[Cl]. The van der Waals surface area contributed by atoms with Crippen molar-refractivity contribution >= 4 is 34.0 Å². The van der Waals surface area contributed by atoms with Crippen LogP contribution in [0.3, 0.4) is 0 Å². The van der Waals surface area contributed by atoms with Gasteiger partial charge in [-0.3, -0.25) is 0 Å². The third-order valence-corrected chi connectivity index (χ3v) is 2.23. The van der Waals surface area contributed by atoms with E-state index < -0.39 is 16.1 Å². The first-order valence-electron chi connectivity index (χ1n) is 7.84. The molecule has 1 aliphatic rings. The topological polar surface area (TPSA) is 55.4 Å². The molecule has 1 heterocycles. The molecule has 0 spiro atoms. The van der Waals surface area contributed by atoms with Crippen LogP contribution in [0.2, 0.25) is 9.88 Å². The molecule has 0 amide bonds. The fourth-order valence-corrected chi connectivity index (χ4v) is 1.32. The number of hydrogen-bond acceptors (Lipinski definition) is 6. The van der Waals surface area contributed by atoms with E-state index in [1.807, 2.05) is 9.88 Å². The van der Waals surface area contributed by atoms with Gasteiger partial charge in [-0.05, 0) is 0 Å². The summed E-state index contributed by atoms with van der Waals surface area (Å²) in [6.45, 7) is 7.04. The summed E-state index contributed by atoms with van der Waals surface area (Å²) < 4.78 is 32.0. The van der Waals surface area contributed by atoms with E-state index in [-0.39, 0.29) is 0 Å². The van der Waals surface area contributed by atoms with Gasteiger partial charge in [0.1, 0.15) is 0 Å². The second-order valence-corrected chi connectivity index (χ2v) is 26.6. The molecule has 140 valence electrons. The zero-order chi connectivity index (χ0) is 17.2. The first-order valence-corrected chi connectivity index (χ1v) is 20.8. The molecule has 0 aromatic rings. The Bertz CT molecular complexity index is 163. The van der Waals surface area contributed by atoms with Crippen LogP contribution in [0.5, 0.6) is 0 Å². The zero-order valence-corrected chi connectivity index (χ0v) is 18.6. The Morgan fingerprint density at radius 1 is 0.435 bits per heavy atom. The van der Waals surface area contributed by atoms with E-state index >= 15 is 0 Å². The standard InChI is InChI=1S/C12H24O6.2CH3.2ClH.Sn/c1-2-14-5-6-16-9-10-18-12-11-17-8-7-15-4-3-13-1;;;;;/h1-12H2;2*1H3;2*1H;/q;;;;;+2/p-2. The van der Waals surface area contributed by atoms with E-state index in [2.05, 4.69) is 0 Å². The summed E-state index contributed by atoms with van der Waals surface area (Å²) in [5.41, 5.74) is 0. The van der Waals surface area contributed by atoms with Gasteiger partial charge in [0.05, 0.1) is 79.3 Å². The molecule has 0 aromatic carbocycles. The van der Waals surface area contributed by atoms with E-state index in [9.17, 15) is 0 Å². The number of ether oxygens (including phenoxy) is 6. The zero-order valence-electron chi connectivity index (χ0n) is 14.2. The Kier molecular flexibility index (Phi) is 18.8. The average Bonchev–Trinajstić information content (AvgIpc) is 2.46. The maximum atomic E-state index is 5.51. The second kappa shape index (κ2) is 17.9. The van der Waals surface area contributed by atoms with E-state index in [1.54, 1.807) is 0 Å². The van der Waals surface area contributed by atoms with E-state index in [0.29, 0.717) is 79.3 Å². The summed E-state index contributed by atoms with van der Waals surface area (Å²) >= 11 is -2.24. The third kappa shape index (κ3) is 28.2. The molecule has 0 saturated carbocycles. The average molecular weight is 484 g/mol. The summed E-state index contributed by atoms with van der Waals surface area (Å²) in [6.07, 6.45) is 0. The van der Waals surface area contributed by atoms with Crippen LogP contribution in [0, 0.1) is 0 Å². The van der Waals surface area contributed by atoms with Gasteiger partial charge in [-0.1, -0.05) is 0 Å². The van der Waals surface area contributed by atoms with Gasteiger partial charge in [0.2, 0.25) is 0 Å². The minimum atomic E-state index is -2.24. The third-order valence-electron chi connectivity index (χ3n) is 2.23. The summed E-state index contributed by atoms with van der Waals surface area (Å²) in [4.78, 5) is 3.86. The Hall–Kier alpha value is 1.14. The van der Waals surface area contributed by atoms with Crippen molar-refractivity contribution in [2.75, 3.05) is 79.3 Å². The summed E-state index contributed by atoms with van der Waals surface area (Å²) in [6, 6.07) is 0. The predicted molar refractivity (Wildman–Crippen MR) is 94.1 cm³/mol. The molecule has 0 N–H and O–H groups in total. The van der Waals surface area contributed by atoms with Gasteiger partial charge < -0.3 is 28.4 Å². The molecule has 0 unspecified atom stereocenters. The maximum absolute atomic E-state index is 5.51. The summed E-state index contributed by atoms with van der Waals surface area (Å²) in [7, 11) is 11.0. The monoisotopic (exact) mass is 484 g/mol. The Morgan fingerprint density at radius 3 is 0.609 bits per heavy atom. The number of hydrogen-bond donors (Lipinski definition) is 0. The molecule has 23 heavy (non-hydrogen) atoms. The fraction of sp³-hybridized carbons (Fsp3) is 1.00.